The molecular weight excluding hydrogens is 556 g/mol. The van der Waals surface area contributed by atoms with Crippen molar-refractivity contribution in [2.24, 2.45) is 0 Å². The van der Waals surface area contributed by atoms with E-state index < -0.39 is 0 Å². The van der Waals surface area contributed by atoms with Crippen molar-refractivity contribution in [3.63, 3.8) is 0 Å². The molecule has 0 aromatic heterocycles. The van der Waals surface area contributed by atoms with Crippen LogP contribution in [0.25, 0.3) is 0 Å². The molecule has 0 saturated heterocycles. The van der Waals surface area contributed by atoms with E-state index in [9.17, 15) is 15.0 Å². The smallest absolute Gasteiger partial charge is 0.220 e. The summed E-state index contributed by atoms with van der Waals surface area (Å²) in [5, 5.41) is 28.6. The van der Waals surface area contributed by atoms with Gasteiger partial charge in [0, 0.05) is 13.0 Å². The van der Waals surface area contributed by atoms with E-state index in [0.29, 0.717) is 24.3 Å². The lowest BCUT2D eigenvalue weighted by molar-refractivity contribution is -0.121. The van der Waals surface area contributed by atoms with E-state index in [0.717, 1.165) is 86.0 Å². The molecule has 0 radical (unpaired) electrons. The van der Waals surface area contributed by atoms with Gasteiger partial charge >= 0.3 is 0 Å². The number of unbranched alkanes of at least 4 members (excludes halogenated alkanes) is 3. The van der Waals surface area contributed by atoms with Crippen LogP contribution in [0, 0.1) is 0 Å². The first-order chi connectivity index (χ1) is 20.6. The summed E-state index contributed by atoms with van der Waals surface area (Å²) < 4.78 is 0. The van der Waals surface area contributed by atoms with Gasteiger partial charge in [-0.3, -0.25) is 4.79 Å². The maximum absolute atomic E-state index is 12.6. The number of nitrogens with one attached hydrogen (secondary N) is 2. The number of amides is 1. The number of hydrogen-bond donors (Lipinski definition) is 4. The van der Waals surface area contributed by atoms with Gasteiger partial charge in [0.05, 0.1) is 0 Å². The highest BCUT2D eigenvalue weighted by atomic mass is 16.3. The summed E-state index contributed by atoms with van der Waals surface area (Å²) in [5.41, 5.74) is 5.85. The summed E-state index contributed by atoms with van der Waals surface area (Å²) >= 11 is 0. The minimum atomic E-state index is -0.168. The van der Waals surface area contributed by atoms with Crippen LogP contribution in [0.15, 0.2) is 24.3 Å². The minimum Gasteiger partial charge on any atom is -0.507 e. The molecule has 0 spiro atoms. The Hall–Kier alpha value is -2.53. The topological polar surface area (TPSA) is 81.6 Å². The second-order valence-corrected chi connectivity index (χ2v) is 17.2. The second-order valence-electron chi connectivity index (χ2n) is 17.2. The maximum atomic E-state index is 12.6. The zero-order chi connectivity index (χ0) is 34.2. The summed E-state index contributed by atoms with van der Waals surface area (Å²) in [6.45, 7) is 28.4. The highest BCUT2D eigenvalue weighted by Crippen LogP contribution is 2.41. The van der Waals surface area contributed by atoms with Crippen molar-refractivity contribution in [2.75, 3.05) is 19.6 Å². The van der Waals surface area contributed by atoms with E-state index in [1.807, 2.05) is 0 Å². The molecule has 2 aromatic carbocycles. The van der Waals surface area contributed by atoms with Crippen LogP contribution in [0.4, 0.5) is 0 Å². The molecule has 0 atom stereocenters. The molecule has 5 nitrogen and oxygen atoms in total. The quantitative estimate of drug-likeness (QED) is 0.158. The van der Waals surface area contributed by atoms with Crippen LogP contribution in [0.2, 0.25) is 0 Å². The van der Waals surface area contributed by atoms with Crippen molar-refractivity contribution in [1.29, 1.82) is 0 Å². The number of rotatable bonds is 14. The Bertz CT molecular complexity index is 1180. The molecule has 5 heteroatoms. The largest absolute Gasteiger partial charge is 0.507 e. The van der Waals surface area contributed by atoms with Gasteiger partial charge in [-0.05, 0) is 100 Å². The highest BCUT2D eigenvalue weighted by Gasteiger charge is 2.27. The predicted octanol–water partition coefficient (Wildman–Crippen LogP) is 9.12. The zero-order valence-electron chi connectivity index (χ0n) is 30.9. The van der Waals surface area contributed by atoms with Crippen molar-refractivity contribution in [3.05, 3.63) is 57.6 Å². The molecule has 4 N–H and O–H groups in total. The van der Waals surface area contributed by atoms with E-state index in [4.69, 9.17) is 0 Å². The average Bonchev–Trinajstić information content (AvgIpc) is 2.89. The number of carbonyl (C=O) groups excluding carboxylic acids is 1. The normalized spacial score (nSPS) is 12.9. The number of phenols is 2. The SMILES string of the molecule is CC(C)(C)c1cc(CCCNCCCCCCNC(=O)CCc2cc(C(C)(C)C)c(O)c(C(C)(C)C)c2)cc(C(C)(C)C)c1O. The third kappa shape index (κ3) is 12.3. The monoisotopic (exact) mass is 623 g/mol. The van der Waals surface area contributed by atoms with Gasteiger partial charge in [-0.1, -0.05) is 120 Å². The Labute approximate surface area is 276 Å². The van der Waals surface area contributed by atoms with Crippen molar-refractivity contribution in [1.82, 2.24) is 10.6 Å². The van der Waals surface area contributed by atoms with Gasteiger partial charge in [-0.25, -0.2) is 0 Å². The first-order valence-electron chi connectivity index (χ1n) is 17.3. The Morgan fingerprint density at radius 3 is 1.29 bits per heavy atom. The van der Waals surface area contributed by atoms with Crippen LogP contribution < -0.4 is 10.6 Å². The molecule has 0 aliphatic heterocycles. The van der Waals surface area contributed by atoms with Crippen LogP contribution in [0.5, 0.6) is 11.5 Å². The molecule has 2 aromatic rings. The lowest BCUT2D eigenvalue weighted by Crippen LogP contribution is -2.25. The highest BCUT2D eigenvalue weighted by molar-refractivity contribution is 5.76. The minimum absolute atomic E-state index is 0.0947. The molecule has 1 amide bonds. The summed E-state index contributed by atoms with van der Waals surface area (Å²) in [6.07, 6.45) is 7.62. The molecule has 45 heavy (non-hydrogen) atoms. The standard InChI is InChI=1S/C40H66N2O3/c1-37(2,3)30-24-28(25-31(35(30)44)38(4,5)6)18-17-22-41-21-15-13-14-16-23-42-34(43)20-19-29-26-32(39(7,8)9)36(45)33(27-29)40(10,11)12/h24-27,41,44-45H,13-23H2,1-12H3,(H,42,43). The van der Waals surface area contributed by atoms with Gasteiger partial charge < -0.3 is 20.8 Å². The lowest BCUT2D eigenvalue weighted by Gasteiger charge is -2.28. The van der Waals surface area contributed by atoms with Gasteiger partial charge in [0.1, 0.15) is 11.5 Å². The molecule has 0 fully saturated rings. The maximum Gasteiger partial charge on any atom is 0.220 e. The van der Waals surface area contributed by atoms with Crippen molar-refractivity contribution >= 4 is 5.91 Å². The van der Waals surface area contributed by atoms with Crippen LogP contribution in [-0.2, 0) is 39.3 Å². The van der Waals surface area contributed by atoms with Crippen LogP contribution in [0.3, 0.4) is 0 Å². The Balaban J connectivity index is 1.67. The Morgan fingerprint density at radius 1 is 0.533 bits per heavy atom. The van der Waals surface area contributed by atoms with Crippen molar-refractivity contribution < 1.29 is 15.0 Å². The first kappa shape index (κ1) is 38.7. The van der Waals surface area contributed by atoms with Crippen molar-refractivity contribution in [3.8, 4) is 11.5 Å². The van der Waals surface area contributed by atoms with Gasteiger partial charge in [-0.2, -0.15) is 0 Å². The molecule has 2 rings (SSSR count). The first-order valence-corrected chi connectivity index (χ1v) is 17.3. The van der Waals surface area contributed by atoms with E-state index in [1.54, 1.807) is 0 Å². The van der Waals surface area contributed by atoms with E-state index in [1.165, 1.54) is 5.56 Å². The van der Waals surface area contributed by atoms with Crippen molar-refractivity contribution in [2.45, 2.75) is 156 Å². The van der Waals surface area contributed by atoms with Gasteiger partial charge in [0.15, 0.2) is 0 Å². The fourth-order valence-corrected chi connectivity index (χ4v) is 5.81. The third-order valence-corrected chi connectivity index (χ3v) is 8.63. The molecule has 0 bridgehead atoms. The number of hydrogen-bond acceptors (Lipinski definition) is 4. The number of phenolic OH excluding ortho intramolecular Hbond substituents is 2. The molecule has 0 aliphatic rings. The number of aromatic hydroxyl groups is 2. The summed E-state index contributed by atoms with van der Waals surface area (Å²) in [7, 11) is 0. The summed E-state index contributed by atoms with van der Waals surface area (Å²) in [6, 6.07) is 8.54. The van der Waals surface area contributed by atoms with E-state index >= 15 is 0 Å². The number of aryl methyl sites for hydroxylation is 2. The fourth-order valence-electron chi connectivity index (χ4n) is 5.81. The fraction of sp³-hybridized carbons (Fsp3) is 0.675. The summed E-state index contributed by atoms with van der Waals surface area (Å²) in [4.78, 5) is 12.6. The summed E-state index contributed by atoms with van der Waals surface area (Å²) in [5.74, 6) is 0.934. The second kappa shape index (κ2) is 15.8. The van der Waals surface area contributed by atoms with Gasteiger partial charge in [0.25, 0.3) is 0 Å². The van der Waals surface area contributed by atoms with Crippen LogP contribution in [-0.4, -0.2) is 35.8 Å². The number of carbonyl (C=O) groups is 1. The Morgan fingerprint density at radius 2 is 0.889 bits per heavy atom. The molecule has 0 heterocycles. The van der Waals surface area contributed by atoms with Crippen LogP contribution >= 0.6 is 0 Å². The molecular formula is C40H66N2O3. The molecule has 0 unspecified atom stereocenters. The van der Waals surface area contributed by atoms with Crippen LogP contribution in [0.1, 0.15) is 155 Å². The predicted molar refractivity (Wildman–Crippen MR) is 192 cm³/mol. The zero-order valence-corrected chi connectivity index (χ0v) is 30.9. The average molecular weight is 623 g/mol. The Kier molecular flexibility index (Phi) is 13.6. The molecule has 254 valence electrons. The van der Waals surface area contributed by atoms with E-state index in [-0.39, 0.29) is 27.6 Å². The lowest BCUT2D eigenvalue weighted by atomic mass is 9.78. The van der Waals surface area contributed by atoms with E-state index in [2.05, 4.69) is 118 Å². The molecule has 0 aliphatic carbocycles. The molecule has 0 saturated carbocycles. The third-order valence-electron chi connectivity index (χ3n) is 8.63. The van der Waals surface area contributed by atoms with Gasteiger partial charge in [0.2, 0.25) is 5.91 Å². The number of benzene rings is 2. The van der Waals surface area contributed by atoms with Gasteiger partial charge in [-0.15, -0.1) is 0 Å².